The smallest absolute Gasteiger partial charge is 0.326 e. The third-order valence-electron chi connectivity index (χ3n) is 3.17. The van der Waals surface area contributed by atoms with E-state index in [-0.39, 0.29) is 25.7 Å². The summed E-state index contributed by atoms with van der Waals surface area (Å²) < 4.78 is 0. The first kappa shape index (κ1) is 21.4. The Kier molecular flexibility index (Phi) is 8.43. The third-order valence-corrected chi connectivity index (χ3v) is 3.17. The number of carbonyl (C=O) groups excluding carboxylic acids is 2. The van der Waals surface area contributed by atoms with Crippen LogP contribution in [0.1, 0.15) is 39.5 Å². The molecular formula is C14H22N2O8. The number of aldehydes is 1. The molecular weight excluding hydrogens is 324 g/mol. The van der Waals surface area contributed by atoms with Crippen LogP contribution in [0.4, 0.5) is 4.79 Å². The summed E-state index contributed by atoms with van der Waals surface area (Å²) >= 11 is 0. The molecule has 0 aromatic heterocycles. The van der Waals surface area contributed by atoms with Gasteiger partial charge < -0.3 is 30.7 Å². The van der Waals surface area contributed by atoms with Crippen LogP contribution in [-0.4, -0.2) is 57.6 Å². The van der Waals surface area contributed by atoms with Gasteiger partial charge in [0.2, 0.25) is 0 Å². The van der Waals surface area contributed by atoms with Crippen molar-refractivity contribution in [1.82, 2.24) is 10.6 Å². The summed E-state index contributed by atoms with van der Waals surface area (Å²) in [5.41, 5.74) is -0.897. The first-order chi connectivity index (χ1) is 11.0. The van der Waals surface area contributed by atoms with Gasteiger partial charge in [-0.1, -0.05) is 13.8 Å². The van der Waals surface area contributed by atoms with Gasteiger partial charge in [-0.25, -0.2) is 14.4 Å². The number of nitrogens with one attached hydrogen (secondary N) is 2. The summed E-state index contributed by atoms with van der Waals surface area (Å²) in [4.78, 5) is 55.0. The van der Waals surface area contributed by atoms with E-state index in [4.69, 9.17) is 15.3 Å². The molecule has 0 saturated heterocycles. The molecule has 0 spiro atoms. The predicted octanol–water partition coefficient (Wildman–Crippen LogP) is 0.0621. The molecule has 2 amide bonds. The maximum Gasteiger partial charge on any atom is 0.326 e. The van der Waals surface area contributed by atoms with E-state index in [1.165, 1.54) is 0 Å². The largest absolute Gasteiger partial charge is 0.481 e. The van der Waals surface area contributed by atoms with E-state index in [2.05, 4.69) is 10.6 Å². The van der Waals surface area contributed by atoms with Gasteiger partial charge in [-0.05, 0) is 18.3 Å². The lowest BCUT2D eigenvalue weighted by Gasteiger charge is -2.27. The minimum Gasteiger partial charge on any atom is -0.481 e. The topological polar surface area (TPSA) is 170 Å². The Morgan fingerprint density at radius 3 is 1.92 bits per heavy atom. The molecule has 0 saturated carbocycles. The molecule has 10 heteroatoms. The van der Waals surface area contributed by atoms with Crippen LogP contribution in [0.15, 0.2) is 0 Å². The molecule has 0 fully saturated rings. The van der Waals surface area contributed by atoms with E-state index in [1.54, 1.807) is 13.8 Å². The number of hydrogen-bond donors (Lipinski definition) is 5. The van der Waals surface area contributed by atoms with Crippen molar-refractivity contribution in [3.05, 3.63) is 0 Å². The zero-order chi connectivity index (χ0) is 18.9. The molecule has 0 rings (SSSR count). The molecule has 0 heterocycles. The van der Waals surface area contributed by atoms with E-state index >= 15 is 0 Å². The Morgan fingerprint density at radius 1 is 1.00 bits per heavy atom. The van der Waals surface area contributed by atoms with E-state index in [0.717, 1.165) is 0 Å². The van der Waals surface area contributed by atoms with Crippen LogP contribution in [0.25, 0.3) is 0 Å². The van der Waals surface area contributed by atoms with Gasteiger partial charge in [0.05, 0.1) is 6.42 Å². The first-order valence-electron chi connectivity index (χ1n) is 7.16. The fourth-order valence-corrected chi connectivity index (χ4v) is 2.08. The average molecular weight is 346 g/mol. The molecule has 0 aromatic carbocycles. The normalized spacial score (nSPS) is 13.4. The van der Waals surface area contributed by atoms with Crippen LogP contribution in [0.3, 0.4) is 0 Å². The number of carboxylic acid groups (broad SMARTS) is 3. The summed E-state index contributed by atoms with van der Waals surface area (Å²) in [6, 6.07) is -3.75. The molecule has 2 unspecified atom stereocenters. The van der Waals surface area contributed by atoms with Crippen LogP contribution in [0.2, 0.25) is 0 Å². The van der Waals surface area contributed by atoms with Gasteiger partial charge >= 0.3 is 23.9 Å². The van der Waals surface area contributed by atoms with Crippen molar-refractivity contribution in [3.8, 4) is 0 Å². The highest BCUT2D eigenvalue weighted by molar-refractivity contribution is 5.86. The number of carbonyl (C=O) groups is 5. The van der Waals surface area contributed by atoms with Crippen molar-refractivity contribution >= 4 is 30.2 Å². The van der Waals surface area contributed by atoms with Gasteiger partial charge in [0, 0.05) is 6.42 Å². The fraction of sp³-hybridized carbons (Fsp3) is 0.643. The second-order valence-corrected chi connectivity index (χ2v) is 6.08. The molecule has 0 radical (unpaired) electrons. The third kappa shape index (κ3) is 8.71. The Bertz CT molecular complexity index is 503. The monoisotopic (exact) mass is 346 g/mol. The Labute approximate surface area is 138 Å². The van der Waals surface area contributed by atoms with Gasteiger partial charge in [-0.15, -0.1) is 0 Å². The quantitative estimate of drug-likeness (QED) is 0.327. The first-order valence-corrected chi connectivity index (χ1v) is 7.16. The highest BCUT2D eigenvalue weighted by Crippen LogP contribution is 2.26. The van der Waals surface area contributed by atoms with Crippen LogP contribution in [-0.2, 0) is 19.2 Å². The van der Waals surface area contributed by atoms with E-state index in [0.29, 0.717) is 6.29 Å². The van der Waals surface area contributed by atoms with Crippen molar-refractivity contribution < 1.29 is 39.3 Å². The second-order valence-electron chi connectivity index (χ2n) is 6.08. The van der Waals surface area contributed by atoms with Crippen LogP contribution >= 0.6 is 0 Å². The molecule has 0 aliphatic carbocycles. The fourth-order valence-electron chi connectivity index (χ4n) is 2.08. The summed E-state index contributed by atoms with van der Waals surface area (Å²) in [6.07, 6.45) is -0.158. The van der Waals surface area contributed by atoms with Crippen molar-refractivity contribution in [3.63, 3.8) is 0 Å². The Morgan fingerprint density at radius 2 is 1.50 bits per heavy atom. The minimum absolute atomic E-state index is 0.0781. The maximum absolute atomic E-state index is 11.8. The SMILES string of the molecule is CC(C)(CC(=O)O)CC(NC(=O)NC(CCC=O)C(=O)O)C(=O)O. The molecule has 5 N–H and O–H groups in total. The lowest BCUT2D eigenvalue weighted by Crippen LogP contribution is -2.52. The van der Waals surface area contributed by atoms with E-state index in [1.807, 2.05) is 0 Å². The zero-order valence-electron chi connectivity index (χ0n) is 13.4. The van der Waals surface area contributed by atoms with Crippen molar-refractivity contribution in [1.29, 1.82) is 0 Å². The zero-order valence-corrected chi connectivity index (χ0v) is 13.4. The highest BCUT2D eigenvalue weighted by atomic mass is 16.4. The number of amides is 2. The number of hydrogen-bond acceptors (Lipinski definition) is 5. The van der Waals surface area contributed by atoms with Crippen LogP contribution < -0.4 is 10.6 Å². The lowest BCUT2D eigenvalue weighted by atomic mass is 9.82. The molecule has 0 aliphatic heterocycles. The van der Waals surface area contributed by atoms with Gasteiger partial charge in [0.15, 0.2) is 0 Å². The summed E-state index contributed by atoms with van der Waals surface area (Å²) in [5, 5.41) is 31.1. The minimum atomic E-state index is -1.39. The van der Waals surface area contributed by atoms with Crippen molar-refractivity contribution in [2.24, 2.45) is 5.41 Å². The molecule has 10 nitrogen and oxygen atoms in total. The van der Waals surface area contributed by atoms with Crippen molar-refractivity contribution in [2.75, 3.05) is 0 Å². The molecule has 2 atom stereocenters. The average Bonchev–Trinajstić information content (AvgIpc) is 2.40. The summed E-state index contributed by atoms with van der Waals surface area (Å²) in [5.74, 6) is -3.83. The Balaban J connectivity index is 4.84. The molecule has 0 bridgehead atoms. The lowest BCUT2D eigenvalue weighted by molar-refractivity contribution is -0.143. The number of urea groups is 1. The molecule has 0 aliphatic rings. The standard InChI is InChI=1S/C14H22N2O8/c1-14(2,7-10(18)19)6-9(12(22)23)16-13(24)15-8(11(20)21)4-3-5-17/h5,8-9H,3-4,6-7H2,1-2H3,(H,18,19)(H,20,21)(H,22,23)(H2,15,16,24). The van der Waals surface area contributed by atoms with E-state index < -0.39 is 41.4 Å². The van der Waals surface area contributed by atoms with Crippen LogP contribution in [0.5, 0.6) is 0 Å². The van der Waals surface area contributed by atoms with Gasteiger partial charge in [0.25, 0.3) is 0 Å². The summed E-state index contributed by atoms with van der Waals surface area (Å²) in [6.45, 7) is 3.08. The number of carboxylic acids is 3. The highest BCUT2D eigenvalue weighted by Gasteiger charge is 2.31. The van der Waals surface area contributed by atoms with Gasteiger partial charge in [-0.3, -0.25) is 4.79 Å². The number of rotatable bonds is 11. The molecule has 24 heavy (non-hydrogen) atoms. The van der Waals surface area contributed by atoms with Crippen LogP contribution in [0, 0.1) is 5.41 Å². The second kappa shape index (κ2) is 9.48. The van der Waals surface area contributed by atoms with Crippen molar-refractivity contribution in [2.45, 2.75) is 51.6 Å². The maximum atomic E-state index is 11.8. The Hall–Kier alpha value is -2.65. The van der Waals surface area contributed by atoms with Gasteiger partial charge in [-0.2, -0.15) is 0 Å². The summed E-state index contributed by atoms with van der Waals surface area (Å²) in [7, 11) is 0. The predicted molar refractivity (Wildman–Crippen MR) is 80.5 cm³/mol. The molecule has 136 valence electrons. The van der Waals surface area contributed by atoms with E-state index in [9.17, 15) is 24.0 Å². The number of aliphatic carboxylic acids is 3. The van der Waals surface area contributed by atoms with Gasteiger partial charge in [0.1, 0.15) is 18.4 Å². The molecule has 0 aromatic rings.